The molecule has 108 valence electrons. The van der Waals surface area contributed by atoms with Gasteiger partial charge in [-0.1, -0.05) is 31.5 Å². The van der Waals surface area contributed by atoms with Crippen molar-refractivity contribution in [2.45, 2.75) is 32.2 Å². The van der Waals surface area contributed by atoms with Crippen LogP contribution in [0.1, 0.15) is 25.3 Å². The largest absolute Gasteiger partial charge is 0.346 e. The number of nitrogens with two attached hydrogens (primary N) is 1. The summed E-state index contributed by atoms with van der Waals surface area (Å²) in [6.07, 6.45) is 2.35. The Morgan fingerprint density at radius 1 is 1.40 bits per heavy atom. The summed E-state index contributed by atoms with van der Waals surface area (Å²) in [5.74, 6) is -0.348. The Kier molecular flexibility index (Phi) is 4.74. The number of carbonyl (C=O) groups excluding carboxylic acids is 2. The van der Waals surface area contributed by atoms with Gasteiger partial charge < -0.3 is 16.0 Å². The molecule has 2 rings (SSSR count). The molecule has 1 aliphatic heterocycles. The van der Waals surface area contributed by atoms with Gasteiger partial charge in [0.05, 0.1) is 12.6 Å². The lowest BCUT2D eigenvalue weighted by molar-refractivity contribution is -0.125. The smallest absolute Gasteiger partial charge is 0.246 e. The van der Waals surface area contributed by atoms with Gasteiger partial charge in [-0.3, -0.25) is 9.59 Å². The molecule has 20 heavy (non-hydrogen) atoms. The second-order valence-electron chi connectivity index (χ2n) is 5.04. The minimum atomic E-state index is -0.529. The van der Waals surface area contributed by atoms with Crippen LogP contribution in [0.15, 0.2) is 24.3 Å². The predicted molar refractivity (Wildman–Crippen MR) is 78.4 cm³/mol. The van der Waals surface area contributed by atoms with E-state index in [1.54, 1.807) is 4.90 Å². The molecule has 0 saturated heterocycles. The van der Waals surface area contributed by atoms with Gasteiger partial charge in [-0.2, -0.15) is 0 Å². The molecular weight excluding hydrogens is 254 g/mol. The first-order chi connectivity index (χ1) is 9.63. The van der Waals surface area contributed by atoms with E-state index in [-0.39, 0.29) is 18.4 Å². The summed E-state index contributed by atoms with van der Waals surface area (Å²) in [6, 6.07) is 7.32. The monoisotopic (exact) mass is 275 g/mol. The Labute approximate surface area is 119 Å². The second kappa shape index (κ2) is 6.52. The molecule has 0 aliphatic carbocycles. The summed E-state index contributed by atoms with van der Waals surface area (Å²) in [5.41, 5.74) is 7.83. The van der Waals surface area contributed by atoms with Crippen molar-refractivity contribution >= 4 is 17.5 Å². The van der Waals surface area contributed by atoms with Crippen LogP contribution in [0.25, 0.3) is 0 Å². The van der Waals surface area contributed by atoms with Crippen molar-refractivity contribution in [3.63, 3.8) is 0 Å². The molecule has 1 aromatic carbocycles. The Balaban J connectivity index is 1.89. The third kappa shape index (κ3) is 3.17. The van der Waals surface area contributed by atoms with Crippen LogP contribution in [-0.2, 0) is 16.0 Å². The van der Waals surface area contributed by atoms with Crippen LogP contribution in [0.2, 0.25) is 0 Å². The SMILES string of the molecule is CCCC(N)C(=O)NCC(=O)N1CCc2ccccc21. The van der Waals surface area contributed by atoms with E-state index in [4.69, 9.17) is 5.73 Å². The molecule has 0 saturated carbocycles. The zero-order valence-electron chi connectivity index (χ0n) is 11.8. The van der Waals surface area contributed by atoms with Crippen LogP contribution >= 0.6 is 0 Å². The van der Waals surface area contributed by atoms with Gasteiger partial charge in [0.15, 0.2) is 0 Å². The Morgan fingerprint density at radius 3 is 2.90 bits per heavy atom. The number of benzene rings is 1. The zero-order valence-corrected chi connectivity index (χ0v) is 11.8. The van der Waals surface area contributed by atoms with Gasteiger partial charge in [-0.05, 0) is 24.5 Å². The zero-order chi connectivity index (χ0) is 14.5. The molecule has 0 bridgehead atoms. The molecule has 5 nitrogen and oxygen atoms in total. The van der Waals surface area contributed by atoms with E-state index in [2.05, 4.69) is 5.32 Å². The maximum Gasteiger partial charge on any atom is 0.246 e. The summed E-state index contributed by atoms with van der Waals surface area (Å²) in [5, 5.41) is 2.62. The molecule has 5 heteroatoms. The summed E-state index contributed by atoms with van der Waals surface area (Å²) in [4.78, 5) is 25.6. The molecule has 1 aromatic rings. The van der Waals surface area contributed by atoms with E-state index < -0.39 is 6.04 Å². The number of anilines is 1. The standard InChI is InChI=1S/C15H21N3O2/c1-2-5-12(16)15(20)17-10-14(19)18-9-8-11-6-3-4-7-13(11)18/h3-4,6-7,12H,2,5,8-10,16H2,1H3,(H,17,20). The maximum absolute atomic E-state index is 12.2. The van der Waals surface area contributed by atoms with Gasteiger partial charge in [0, 0.05) is 12.2 Å². The third-order valence-electron chi connectivity index (χ3n) is 3.54. The van der Waals surface area contributed by atoms with Gasteiger partial charge in [0.25, 0.3) is 0 Å². The molecule has 1 aliphatic rings. The lowest BCUT2D eigenvalue weighted by atomic mass is 10.1. The molecule has 2 amide bonds. The van der Waals surface area contributed by atoms with Crippen LogP contribution in [0, 0.1) is 0 Å². The van der Waals surface area contributed by atoms with Crippen LogP contribution < -0.4 is 16.0 Å². The molecule has 0 aromatic heterocycles. The minimum Gasteiger partial charge on any atom is -0.346 e. The highest BCUT2D eigenvalue weighted by molar-refractivity contribution is 5.98. The van der Waals surface area contributed by atoms with Crippen molar-refractivity contribution in [1.82, 2.24) is 5.32 Å². The number of rotatable bonds is 5. The fourth-order valence-electron chi connectivity index (χ4n) is 2.43. The lowest BCUT2D eigenvalue weighted by Gasteiger charge is -2.18. The minimum absolute atomic E-state index is 0.00455. The number of amides is 2. The van der Waals surface area contributed by atoms with Crippen molar-refractivity contribution in [3.05, 3.63) is 29.8 Å². The van der Waals surface area contributed by atoms with E-state index in [0.29, 0.717) is 13.0 Å². The van der Waals surface area contributed by atoms with Gasteiger partial charge >= 0.3 is 0 Å². The van der Waals surface area contributed by atoms with Gasteiger partial charge in [0.2, 0.25) is 11.8 Å². The van der Waals surface area contributed by atoms with E-state index in [0.717, 1.165) is 18.5 Å². The van der Waals surface area contributed by atoms with Crippen LogP contribution in [0.5, 0.6) is 0 Å². The first-order valence-corrected chi connectivity index (χ1v) is 7.05. The van der Waals surface area contributed by atoms with Crippen molar-refractivity contribution < 1.29 is 9.59 Å². The summed E-state index contributed by atoms with van der Waals surface area (Å²) < 4.78 is 0. The normalized spacial score (nSPS) is 14.8. The van der Waals surface area contributed by atoms with E-state index in [9.17, 15) is 9.59 Å². The molecule has 0 radical (unpaired) electrons. The Bertz CT molecular complexity index is 502. The first kappa shape index (κ1) is 14.5. The Morgan fingerprint density at radius 2 is 2.15 bits per heavy atom. The fraction of sp³-hybridized carbons (Fsp3) is 0.467. The second-order valence-corrected chi connectivity index (χ2v) is 5.04. The first-order valence-electron chi connectivity index (χ1n) is 7.05. The van der Waals surface area contributed by atoms with Gasteiger partial charge in [0.1, 0.15) is 0 Å². The predicted octanol–water partition coefficient (Wildman–Crippen LogP) is 0.819. The quantitative estimate of drug-likeness (QED) is 0.835. The molecule has 0 fully saturated rings. The maximum atomic E-state index is 12.2. The molecule has 1 unspecified atom stereocenters. The number of nitrogens with one attached hydrogen (secondary N) is 1. The number of hydrogen-bond donors (Lipinski definition) is 2. The molecule has 3 N–H and O–H groups in total. The number of nitrogens with zero attached hydrogens (tertiary/aromatic N) is 1. The number of carbonyl (C=O) groups is 2. The van der Waals surface area contributed by atoms with Crippen molar-refractivity contribution in [2.75, 3.05) is 18.0 Å². The highest BCUT2D eigenvalue weighted by atomic mass is 16.2. The Hall–Kier alpha value is -1.88. The summed E-state index contributed by atoms with van der Waals surface area (Å²) in [7, 11) is 0. The third-order valence-corrected chi connectivity index (χ3v) is 3.54. The topological polar surface area (TPSA) is 75.4 Å². The summed E-state index contributed by atoms with van der Waals surface area (Å²) in [6.45, 7) is 2.65. The van der Waals surface area contributed by atoms with E-state index in [1.807, 2.05) is 31.2 Å². The number of fused-ring (bicyclic) bond motifs is 1. The molecule has 0 spiro atoms. The fourth-order valence-corrected chi connectivity index (χ4v) is 2.43. The van der Waals surface area contributed by atoms with Crippen molar-refractivity contribution in [2.24, 2.45) is 5.73 Å². The van der Waals surface area contributed by atoms with Crippen molar-refractivity contribution in [1.29, 1.82) is 0 Å². The molecular formula is C15H21N3O2. The molecule has 1 heterocycles. The van der Waals surface area contributed by atoms with E-state index in [1.165, 1.54) is 5.56 Å². The van der Waals surface area contributed by atoms with Crippen molar-refractivity contribution in [3.8, 4) is 0 Å². The lowest BCUT2D eigenvalue weighted by Crippen LogP contribution is -2.45. The highest BCUT2D eigenvalue weighted by Gasteiger charge is 2.24. The van der Waals surface area contributed by atoms with Crippen LogP contribution in [-0.4, -0.2) is 30.9 Å². The average Bonchev–Trinajstić information content (AvgIpc) is 2.88. The van der Waals surface area contributed by atoms with Crippen LogP contribution in [0.4, 0.5) is 5.69 Å². The summed E-state index contributed by atoms with van der Waals surface area (Å²) >= 11 is 0. The van der Waals surface area contributed by atoms with Crippen LogP contribution in [0.3, 0.4) is 0 Å². The molecule has 1 atom stereocenters. The van der Waals surface area contributed by atoms with Gasteiger partial charge in [-0.15, -0.1) is 0 Å². The van der Waals surface area contributed by atoms with E-state index >= 15 is 0 Å². The highest BCUT2D eigenvalue weighted by Crippen LogP contribution is 2.27. The number of para-hydroxylation sites is 1. The van der Waals surface area contributed by atoms with Gasteiger partial charge in [-0.25, -0.2) is 0 Å². The average molecular weight is 275 g/mol. The number of hydrogen-bond acceptors (Lipinski definition) is 3.